The second-order valence-electron chi connectivity index (χ2n) is 18.8. The van der Waals surface area contributed by atoms with E-state index in [0.29, 0.717) is 73.1 Å². The maximum Gasteiger partial charge on any atom is 0.188 e. The largest absolute Gasteiger partial charge is 0.508 e. The number of guanidine groups is 1. The SMILES string of the molecule is CCC1CC2C=CC1CC(O)CCCN=C(N)NCCC1CCCCC1Oc1cc(ccc1O)C1Oc3cc(OC)c4c(c3CC1O)C2Cc1cc(O)c(CC(C)C)cc1-4. The molecule has 60 heavy (non-hydrogen) atoms. The third kappa shape index (κ3) is 8.83. The molecule has 8 bridgehead atoms. The van der Waals surface area contributed by atoms with Crippen molar-refractivity contribution in [2.24, 2.45) is 40.3 Å². The molecule has 0 amide bonds. The standard InChI is InChI=1S/C50H67N3O7/c1-5-29-20-32-13-12-31(29)21-36(54)10-8-17-52-50(51)53-18-16-30-9-6-7-11-43(30)59-45-25-33(14-15-40(45)55)49-42(57)26-39-44(60-49)27-46(58-4)48-38-23-35(19-28(2)3)41(56)24-34(38)22-37(32)47(39)48/h12-15,23-25,27-32,36-37,42-43,49,54-57H,5-11,16-22,26H2,1-4H3,(H3,51,52,53). The number of aliphatic hydroxyl groups is 2. The average molecular weight is 822 g/mol. The molecule has 0 aromatic heterocycles. The number of aliphatic imine (C=N–C) groups is 1. The third-order valence-corrected chi connectivity index (χ3v) is 14.2. The molecule has 0 radical (unpaired) electrons. The van der Waals surface area contributed by atoms with Gasteiger partial charge in [0.05, 0.1) is 19.3 Å². The van der Waals surface area contributed by atoms with Gasteiger partial charge in [-0.25, -0.2) is 0 Å². The van der Waals surface area contributed by atoms with Gasteiger partial charge in [0.15, 0.2) is 17.5 Å². The van der Waals surface area contributed by atoms with Gasteiger partial charge in [-0.3, -0.25) is 4.99 Å². The van der Waals surface area contributed by atoms with Gasteiger partial charge >= 0.3 is 0 Å². The van der Waals surface area contributed by atoms with Crippen molar-refractivity contribution < 1.29 is 34.6 Å². The first kappa shape index (κ1) is 42.3. The zero-order chi connectivity index (χ0) is 42.1. The second-order valence-corrected chi connectivity index (χ2v) is 18.8. The van der Waals surface area contributed by atoms with Crippen LogP contribution in [0.2, 0.25) is 0 Å². The molecular weight excluding hydrogens is 755 g/mol. The van der Waals surface area contributed by atoms with Crippen LogP contribution in [0.5, 0.6) is 28.7 Å². The number of phenolic OH excluding ortho intramolecular Hbond substituents is 2. The summed E-state index contributed by atoms with van der Waals surface area (Å²) < 4.78 is 19.8. The van der Waals surface area contributed by atoms with Crippen molar-refractivity contribution >= 4 is 5.96 Å². The Labute approximate surface area is 356 Å². The number of nitrogens with two attached hydrogens (primary N) is 1. The summed E-state index contributed by atoms with van der Waals surface area (Å²) in [7, 11) is 1.71. The van der Waals surface area contributed by atoms with Crippen molar-refractivity contribution in [3.8, 4) is 39.9 Å². The lowest BCUT2D eigenvalue weighted by molar-refractivity contribution is 0.0197. The van der Waals surface area contributed by atoms with Gasteiger partial charge in [-0.1, -0.05) is 51.8 Å². The molecule has 9 unspecified atom stereocenters. The van der Waals surface area contributed by atoms with Gasteiger partial charge in [-0.2, -0.15) is 0 Å². The number of benzene rings is 3. The van der Waals surface area contributed by atoms with Crippen molar-refractivity contribution in [3.05, 3.63) is 76.4 Å². The summed E-state index contributed by atoms with van der Waals surface area (Å²) in [5, 5.41) is 49.1. The Hall–Kier alpha value is -4.41. The average Bonchev–Trinajstić information content (AvgIpc) is 3.23. The molecular formula is C50H67N3O7. The lowest BCUT2D eigenvalue weighted by Crippen LogP contribution is -2.37. The fourth-order valence-corrected chi connectivity index (χ4v) is 11.2. The molecule has 5 heterocycles. The summed E-state index contributed by atoms with van der Waals surface area (Å²) in [4.78, 5) is 4.57. The Bertz CT molecular complexity index is 2060. The highest BCUT2D eigenvalue weighted by Crippen LogP contribution is 2.56. The van der Waals surface area contributed by atoms with Gasteiger partial charge in [0.25, 0.3) is 0 Å². The molecule has 324 valence electrons. The van der Waals surface area contributed by atoms with Crippen molar-refractivity contribution in [2.45, 2.75) is 135 Å². The number of hydrogen-bond acceptors (Lipinski definition) is 10. The van der Waals surface area contributed by atoms with Gasteiger partial charge in [0, 0.05) is 36.7 Å². The Balaban J connectivity index is 1.22. The Morgan fingerprint density at radius 2 is 1.72 bits per heavy atom. The highest BCUT2D eigenvalue weighted by molar-refractivity contribution is 5.84. The van der Waals surface area contributed by atoms with Crippen LogP contribution in [0.25, 0.3) is 11.1 Å². The first-order valence-electron chi connectivity index (χ1n) is 22.8. The number of hydrogen-bond donors (Lipinski definition) is 6. The van der Waals surface area contributed by atoms with Crippen LogP contribution in [0, 0.1) is 29.6 Å². The van der Waals surface area contributed by atoms with Crippen LogP contribution in [0.3, 0.4) is 0 Å². The Morgan fingerprint density at radius 1 is 0.900 bits per heavy atom. The minimum Gasteiger partial charge on any atom is -0.508 e. The molecule has 10 nitrogen and oxygen atoms in total. The van der Waals surface area contributed by atoms with Crippen molar-refractivity contribution in [1.82, 2.24) is 5.32 Å². The monoisotopic (exact) mass is 821 g/mol. The summed E-state index contributed by atoms with van der Waals surface area (Å²) in [6.45, 7) is 7.82. The molecule has 3 aliphatic carbocycles. The number of nitrogens with one attached hydrogen (secondary N) is 1. The maximum atomic E-state index is 12.1. The zero-order valence-electron chi connectivity index (χ0n) is 36.0. The fraction of sp³-hybridized carbons (Fsp3) is 0.580. The van der Waals surface area contributed by atoms with Crippen LogP contribution in [-0.4, -0.2) is 64.9 Å². The number of fused-ring (bicyclic) bond motifs is 2. The first-order chi connectivity index (χ1) is 29.0. The van der Waals surface area contributed by atoms with Gasteiger partial charge in [-0.15, -0.1) is 0 Å². The van der Waals surface area contributed by atoms with Crippen LogP contribution >= 0.6 is 0 Å². The minimum atomic E-state index is -0.860. The summed E-state index contributed by atoms with van der Waals surface area (Å²) >= 11 is 0. The van der Waals surface area contributed by atoms with Crippen LogP contribution in [0.1, 0.15) is 125 Å². The molecule has 7 N–H and O–H groups in total. The molecule has 0 saturated heterocycles. The number of rotatable bonds is 4. The van der Waals surface area contributed by atoms with Crippen molar-refractivity contribution in [2.75, 3.05) is 20.2 Å². The first-order valence-corrected chi connectivity index (χ1v) is 22.8. The topological polar surface area (TPSA) is 159 Å². The fourth-order valence-electron chi connectivity index (χ4n) is 11.2. The Kier molecular flexibility index (Phi) is 12.9. The van der Waals surface area contributed by atoms with E-state index < -0.39 is 18.3 Å². The predicted molar refractivity (Wildman–Crippen MR) is 236 cm³/mol. The predicted octanol–water partition coefficient (Wildman–Crippen LogP) is 8.64. The van der Waals surface area contributed by atoms with Gasteiger partial charge < -0.3 is 45.7 Å². The van der Waals surface area contributed by atoms with E-state index in [-0.39, 0.29) is 35.5 Å². The van der Waals surface area contributed by atoms with Crippen LogP contribution in [-0.2, 0) is 19.3 Å². The summed E-state index contributed by atoms with van der Waals surface area (Å²) in [6, 6.07) is 11.4. The molecule has 1 saturated carbocycles. The number of phenols is 2. The van der Waals surface area contributed by atoms with Gasteiger partial charge in [0.1, 0.15) is 29.5 Å². The summed E-state index contributed by atoms with van der Waals surface area (Å²) in [6.07, 6.45) is 13.6. The number of aromatic hydroxyl groups is 2. The highest BCUT2D eigenvalue weighted by atomic mass is 16.5. The lowest BCUT2D eigenvalue weighted by atomic mass is 9.64. The molecule has 5 aliphatic heterocycles. The molecule has 8 aliphatic rings. The molecule has 1 fully saturated rings. The van der Waals surface area contributed by atoms with Crippen molar-refractivity contribution in [3.63, 3.8) is 0 Å². The van der Waals surface area contributed by atoms with E-state index in [0.717, 1.165) is 103 Å². The van der Waals surface area contributed by atoms with E-state index >= 15 is 0 Å². The number of nitrogens with zero attached hydrogens (tertiary/aromatic N) is 1. The quantitative estimate of drug-likeness (QED) is 0.142. The van der Waals surface area contributed by atoms with E-state index in [9.17, 15) is 20.4 Å². The third-order valence-electron chi connectivity index (χ3n) is 14.2. The number of methoxy groups -OCH3 is 1. The molecule has 9 atom stereocenters. The number of allylic oxidation sites excluding steroid dienone is 2. The molecule has 0 spiro atoms. The van der Waals surface area contributed by atoms with E-state index in [4.69, 9.17) is 19.9 Å². The van der Waals surface area contributed by atoms with E-state index in [1.54, 1.807) is 13.2 Å². The van der Waals surface area contributed by atoms with Crippen molar-refractivity contribution in [1.29, 1.82) is 0 Å². The van der Waals surface area contributed by atoms with E-state index in [1.165, 1.54) is 0 Å². The van der Waals surface area contributed by atoms with Crippen LogP contribution in [0.15, 0.2) is 53.5 Å². The molecule has 10 heteroatoms. The number of ether oxygens (including phenoxy) is 3. The van der Waals surface area contributed by atoms with Gasteiger partial charge in [-0.05, 0) is 152 Å². The normalized spacial score (nSPS) is 29.4. The molecule has 3 aromatic rings. The van der Waals surface area contributed by atoms with Crippen LogP contribution in [0.4, 0.5) is 0 Å². The van der Waals surface area contributed by atoms with E-state index in [1.807, 2.05) is 24.3 Å². The Morgan fingerprint density at radius 3 is 2.52 bits per heavy atom. The number of aliphatic hydroxyl groups excluding tert-OH is 2. The van der Waals surface area contributed by atoms with Gasteiger partial charge in [0.2, 0.25) is 0 Å². The smallest absolute Gasteiger partial charge is 0.188 e. The zero-order valence-corrected chi connectivity index (χ0v) is 36.0. The van der Waals surface area contributed by atoms with E-state index in [2.05, 4.69) is 49.3 Å². The molecule has 3 aromatic carbocycles. The summed E-state index contributed by atoms with van der Waals surface area (Å²) in [5.41, 5.74) is 13.3. The minimum absolute atomic E-state index is 0.0443. The van der Waals surface area contributed by atoms with Crippen LogP contribution < -0.4 is 25.3 Å². The summed E-state index contributed by atoms with van der Waals surface area (Å²) in [5.74, 6) is 4.16. The second kappa shape index (κ2) is 18.3. The molecule has 11 rings (SSSR count). The lowest BCUT2D eigenvalue weighted by Gasteiger charge is -2.42. The maximum absolute atomic E-state index is 12.1. The highest BCUT2D eigenvalue weighted by Gasteiger charge is 2.42.